The Kier molecular flexibility index (Phi) is 4.82. The van der Waals surface area contributed by atoms with Crippen molar-refractivity contribution in [1.29, 1.82) is 0 Å². The molecule has 0 unspecified atom stereocenters. The van der Waals surface area contributed by atoms with Crippen molar-refractivity contribution in [3.63, 3.8) is 0 Å². The van der Waals surface area contributed by atoms with E-state index in [1.54, 1.807) is 18.2 Å². The molecule has 0 spiro atoms. The van der Waals surface area contributed by atoms with Gasteiger partial charge in [0.15, 0.2) is 0 Å². The Bertz CT molecular complexity index is 486. The standard InChI is InChI=1S/C11H17BrN2O2S/c1-8(2)5-6-17(15,16)14-9-3-4-10(12)11(13)7-9/h3-4,7-8,14H,5-6,13H2,1-2H3. The highest BCUT2D eigenvalue weighted by Crippen LogP contribution is 2.23. The Morgan fingerprint density at radius 3 is 2.59 bits per heavy atom. The SMILES string of the molecule is CC(C)CCS(=O)(=O)Nc1ccc(Br)c(N)c1. The largest absolute Gasteiger partial charge is 0.398 e. The van der Waals surface area contributed by atoms with Gasteiger partial charge in [-0.2, -0.15) is 0 Å². The molecule has 0 heterocycles. The Balaban J connectivity index is 2.73. The second-order valence-electron chi connectivity index (χ2n) is 4.34. The van der Waals surface area contributed by atoms with Crippen LogP contribution in [0.2, 0.25) is 0 Å². The Morgan fingerprint density at radius 2 is 2.06 bits per heavy atom. The van der Waals surface area contributed by atoms with Crippen LogP contribution in [0.4, 0.5) is 11.4 Å². The van der Waals surface area contributed by atoms with Crippen molar-refractivity contribution in [1.82, 2.24) is 0 Å². The van der Waals surface area contributed by atoms with Crippen LogP contribution in [0, 0.1) is 5.92 Å². The molecule has 0 aliphatic rings. The summed E-state index contributed by atoms with van der Waals surface area (Å²) in [6, 6.07) is 4.99. The zero-order valence-electron chi connectivity index (χ0n) is 9.90. The summed E-state index contributed by atoms with van der Waals surface area (Å²) in [5.74, 6) is 0.488. The van der Waals surface area contributed by atoms with E-state index in [2.05, 4.69) is 20.7 Å². The van der Waals surface area contributed by atoms with Crippen molar-refractivity contribution in [2.75, 3.05) is 16.2 Å². The van der Waals surface area contributed by atoms with E-state index < -0.39 is 10.0 Å². The summed E-state index contributed by atoms with van der Waals surface area (Å²) in [4.78, 5) is 0. The molecule has 96 valence electrons. The number of sulfonamides is 1. The van der Waals surface area contributed by atoms with Crippen LogP contribution in [0.5, 0.6) is 0 Å². The molecule has 6 heteroatoms. The van der Waals surface area contributed by atoms with Gasteiger partial charge in [0.2, 0.25) is 10.0 Å². The normalized spacial score (nSPS) is 11.8. The minimum atomic E-state index is -3.28. The second-order valence-corrected chi connectivity index (χ2v) is 7.04. The fourth-order valence-corrected chi connectivity index (χ4v) is 2.85. The molecule has 0 atom stereocenters. The molecule has 0 bridgehead atoms. The first-order chi connectivity index (χ1) is 7.80. The number of hydrogen-bond acceptors (Lipinski definition) is 3. The van der Waals surface area contributed by atoms with Gasteiger partial charge in [-0.25, -0.2) is 8.42 Å². The number of hydrogen-bond donors (Lipinski definition) is 2. The van der Waals surface area contributed by atoms with Crippen LogP contribution in [0.15, 0.2) is 22.7 Å². The van der Waals surface area contributed by atoms with E-state index >= 15 is 0 Å². The van der Waals surface area contributed by atoms with Crippen LogP contribution < -0.4 is 10.5 Å². The number of rotatable bonds is 5. The van der Waals surface area contributed by atoms with Gasteiger partial charge >= 0.3 is 0 Å². The van der Waals surface area contributed by atoms with Crippen molar-refractivity contribution < 1.29 is 8.42 Å². The molecule has 0 saturated carbocycles. The van der Waals surface area contributed by atoms with Gasteiger partial charge in [0.1, 0.15) is 0 Å². The molecule has 0 fully saturated rings. The highest BCUT2D eigenvalue weighted by atomic mass is 79.9. The van der Waals surface area contributed by atoms with Crippen molar-refractivity contribution >= 4 is 37.3 Å². The van der Waals surface area contributed by atoms with Gasteiger partial charge in [-0.3, -0.25) is 4.72 Å². The highest BCUT2D eigenvalue weighted by molar-refractivity contribution is 9.10. The minimum absolute atomic E-state index is 0.126. The van der Waals surface area contributed by atoms with Crippen molar-refractivity contribution in [2.24, 2.45) is 5.92 Å². The molecule has 0 aliphatic heterocycles. The zero-order chi connectivity index (χ0) is 13.1. The van der Waals surface area contributed by atoms with E-state index in [-0.39, 0.29) is 5.75 Å². The van der Waals surface area contributed by atoms with Gasteiger partial charge in [-0.05, 0) is 46.5 Å². The van der Waals surface area contributed by atoms with Crippen LogP contribution in [0.1, 0.15) is 20.3 Å². The van der Waals surface area contributed by atoms with Crippen molar-refractivity contribution in [3.8, 4) is 0 Å². The predicted octanol–water partition coefficient (Wildman–Crippen LogP) is 2.82. The lowest BCUT2D eigenvalue weighted by Crippen LogP contribution is -2.18. The molecule has 4 nitrogen and oxygen atoms in total. The minimum Gasteiger partial charge on any atom is -0.398 e. The summed E-state index contributed by atoms with van der Waals surface area (Å²) in [5, 5.41) is 0. The van der Waals surface area contributed by atoms with E-state index in [9.17, 15) is 8.42 Å². The van der Waals surface area contributed by atoms with E-state index in [0.717, 1.165) is 4.47 Å². The van der Waals surface area contributed by atoms with E-state index in [1.807, 2.05) is 13.8 Å². The first kappa shape index (κ1) is 14.3. The van der Waals surface area contributed by atoms with Crippen molar-refractivity contribution in [3.05, 3.63) is 22.7 Å². The number of nitrogens with two attached hydrogens (primary N) is 1. The molecule has 0 radical (unpaired) electrons. The molecule has 0 aliphatic carbocycles. The molecular formula is C11H17BrN2O2S. The Labute approximate surface area is 111 Å². The van der Waals surface area contributed by atoms with E-state index in [0.29, 0.717) is 23.7 Å². The Morgan fingerprint density at radius 1 is 1.41 bits per heavy atom. The zero-order valence-corrected chi connectivity index (χ0v) is 12.3. The van der Waals surface area contributed by atoms with Gasteiger partial charge in [-0.1, -0.05) is 13.8 Å². The first-order valence-corrected chi connectivity index (χ1v) is 7.80. The maximum absolute atomic E-state index is 11.7. The van der Waals surface area contributed by atoms with Crippen LogP contribution in [-0.2, 0) is 10.0 Å². The third-order valence-corrected chi connectivity index (χ3v) is 4.28. The number of halogens is 1. The molecule has 3 N–H and O–H groups in total. The smallest absolute Gasteiger partial charge is 0.232 e. The topological polar surface area (TPSA) is 72.2 Å². The fraction of sp³-hybridized carbons (Fsp3) is 0.455. The summed E-state index contributed by atoms with van der Waals surface area (Å²) >= 11 is 3.26. The summed E-state index contributed by atoms with van der Waals surface area (Å²) in [6.07, 6.45) is 0.640. The average molecular weight is 321 g/mol. The Hall–Kier alpha value is -0.750. The third kappa shape index (κ3) is 4.95. The molecular weight excluding hydrogens is 304 g/mol. The van der Waals surface area contributed by atoms with E-state index in [1.165, 1.54) is 0 Å². The maximum atomic E-state index is 11.7. The second kappa shape index (κ2) is 5.73. The van der Waals surface area contributed by atoms with Gasteiger partial charge in [-0.15, -0.1) is 0 Å². The summed E-state index contributed by atoms with van der Waals surface area (Å²) in [6.45, 7) is 3.99. The van der Waals surface area contributed by atoms with E-state index in [4.69, 9.17) is 5.73 Å². The first-order valence-electron chi connectivity index (χ1n) is 5.35. The van der Waals surface area contributed by atoms with Gasteiger partial charge < -0.3 is 5.73 Å². The van der Waals surface area contributed by atoms with Crippen LogP contribution in [0.25, 0.3) is 0 Å². The molecule has 0 aromatic heterocycles. The van der Waals surface area contributed by atoms with Crippen LogP contribution >= 0.6 is 15.9 Å². The number of nitrogen functional groups attached to an aromatic ring is 1. The molecule has 1 rings (SSSR count). The van der Waals surface area contributed by atoms with Crippen LogP contribution in [-0.4, -0.2) is 14.2 Å². The lowest BCUT2D eigenvalue weighted by atomic mass is 10.2. The van der Waals surface area contributed by atoms with Gasteiger partial charge in [0, 0.05) is 10.2 Å². The molecule has 17 heavy (non-hydrogen) atoms. The lowest BCUT2D eigenvalue weighted by Gasteiger charge is -2.10. The lowest BCUT2D eigenvalue weighted by molar-refractivity contribution is 0.578. The van der Waals surface area contributed by atoms with Crippen LogP contribution in [0.3, 0.4) is 0 Å². The summed E-state index contributed by atoms with van der Waals surface area (Å²) in [7, 11) is -3.28. The summed E-state index contributed by atoms with van der Waals surface area (Å²) in [5.41, 5.74) is 6.68. The molecule has 0 amide bonds. The van der Waals surface area contributed by atoms with Gasteiger partial charge in [0.25, 0.3) is 0 Å². The number of anilines is 2. The third-order valence-electron chi connectivity index (χ3n) is 2.23. The highest BCUT2D eigenvalue weighted by Gasteiger charge is 2.11. The molecule has 1 aromatic carbocycles. The predicted molar refractivity (Wildman–Crippen MR) is 75.4 cm³/mol. The number of benzene rings is 1. The number of nitrogens with one attached hydrogen (secondary N) is 1. The van der Waals surface area contributed by atoms with Gasteiger partial charge in [0.05, 0.1) is 11.4 Å². The molecule has 1 aromatic rings. The summed E-state index contributed by atoms with van der Waals surface area (Å²) < 4.78 is 26.7. The average Bonchev–Trinajstić information content (AvgIpc) is 2.21. The fourth-order valence-electron chi connectivity index (χ4n) is 1.23. The molecule has 0 saturated heterocycles. The maximum Gasteiger partial charge on any atom is 0.232 e. The quantitative estimate of drug-likeness (QED) is 0.819. The monoisotopic (exact) mass is 320 g/mol. The van der Waals surface area contributed by atoms with Crippen molar-refractivity contribution in [2.45, 2.75) is 20.3 Å².